The minimum Gasteiger partial charge on any atom is -0.370 e. The maximum Gasteiger partial charge on any atom is 0.325 e. The Balaban J connectivity index is 1.38. The molecule has 6 rings (SSSR count). The van der Waals surface area contributed by atoms with Crippen molar-refractivity contribution in [1.82, 2.24) is 62.4 Å². The van der Waals surface area contributed by atoms with E-state index in [1.54, 1.807) is 42.6 Å². The molecular formula is C45H57N15O9S2. The maximum absolute atomic E-state index is 14.6. The summed E-state index contributed by atoms with van der Waals surface area (Å²) in [5, 5.41) is 29.6. The molecule has 71 heavy (non-hydrogen) atoms. The van der Waals surface area contributed by atoms with Crippen molar-refractivity contribution in [3.63, 3.8) is 0 Å². The summed E-state index contributed by atoms with van der Waals surface area (Å²) in [6, 6.07) is 4.48. The van der Waals surface area contributed by atoms with Crippen LogP contribution in [0.1, 0.15) is 43.5 Å². The molecule has 0 bridgehead atoms. The van der Waals surface area contributed by atoms with Crippen molar-refractivity contribution >= 4 is 91.7 Å². The molecule has 15 N–H and O–H groups in total. The van der Waals surface area contributed by atoms with Gasteiger partial charge in [0.15, 0.2) is 5.96 Å². The van der Waals surface area contributed by atoms with Gasteiger partial charge in [-0.3, -0.25) is 43.8 Å². The molecule has 2 saturated heterocycles. The fourth-order valence-electron chi connectivity index (χ4n) is 7.78. The number of primary amides is 1. The summed E-state index contributed by atoms with van der Waals surface area (Å²) in [5.41, 5.74) is 13.7. The first-order chi connectivity index (χ1) is 34.0. The van der Waals surface area contributed by atoms with Crippen LogP contribution in [0.4, 0.5) is 4.79 Å². The topological polar surface area (TPSA) is 373 Å². The third-order valence-electron chi connectivity index (χ3n) is 11.6. The average Bonchev–Trinajstić information content (AvgIpc) is 4.07. The Hall–Kier alpha value is -7.61. The number of nitrogens with two attached hydrogens (primary N) is 2. The van der Waals surface area contributed by atoms with E-state index < -0.39 is 102 Å². The second kappa shape index (κ2) is 24.8. The van der Waals surface area contributed by atoms with Gasteiger partial charge in [0.05, 0.1) is 6.33 Å². The first-order valence-electron chi connectivity index (χ1n) is 22.6. The number of imide groups is 1. The fraction of sp³-hybridized carbons (Fsp3) is 0.400. The van der Waals surface area contributed by atoms with Gasteiger partial charge in [0.25, 0.3) is 5.91 Å². The highest BCUT2D eigenvalue weighted by Gasteiger charge is 2.44. The Kier molecular flexibility index (Phi) is 18.4. The second-order valence-electron chi connectivity index (χ2n) is 16.9. The van der Waals surface area contributed by atoms with Crippen LogP contribution in [0, 0.1) is 5.41 Å². The van der Waals surface area contributed by atoms with Crippen LogP contribution in [0.15, 0.2) is 73.3 Å². The lowest BCUT2D eigenvalue weighted by Crippen LogP contribution is -2.60. The van der Waals surface area contributed by atoms with Gasteiger partial charge in [-0.2, -0.15) is 0 Å². The van der Waals surface area contributed by atoms with E-state index in [0.717, 1.165) is 37.4 Å². The molecule has 4 aromatic rings. The van der Waals surface area contributed by atoms with E-state index in [0.29, 0.717) is 16.8 Å². The lowest BCUT2D eigenvalue weighted by atomic mass is 10.0. The summed E-state index contributed by atoms with van der Waals surface area (Å²) in [6.07, 6.45) is 4.28. The van der Waals surface area contributed by atoms with Crippen LogP contribution in [0.5, 0.6) is 0 Å². The number of para-hydroxylation sites is 1. The molecule has 2 fully saturated rings. The largest absolute Gasteiger partial charge is 0.370 e. The molecule has 0 spiro atoms. The number of amides is 10. The van der Waals surface area contributed by atoms with E-state index in [4.69, 9.17) is 16.9 Å². The molecule has 10 amide bonds. The highest BCUT2D eigenvalue weighted by atomic mass is 33.1. The van der Waals surface area contributed by atoms with Crippen LogP contribution in [0.3, 0.4) is 0 Å². The van der Waals surface area contributed by atoms with E-state index in [-0.39, 0.29) is 56.1 Å². The number of nitrogens with zero attached hydrogens (tertiary/aromatic N) is 2. The fourth-order valence-corrected chi connectivity index (χ4v) is 10.2. The summed E-state index contributed by atoms with van der Waals surface area (Å²) in [7, 11) is 1.97. The van der Waals surface area contributed by atoms with Crippen LogP contribution in [0.2, 0.25) is 0 Å². The number of nitrogens with one attached hydrogen (secondary N) is 11. The zero-order valence-electron chi connectivity index (χ0n) is 38.7. The molecular weight excluding hydrogens is 959 g/mol. The Morgan fingerprint density at radius 2 is 1.32 bits per heavy atom. The molecule has 2 aromatic heterocycles. The van der Waals surface area contributed by atoms with Crippen molar-refractivity contribution in [2.45, 2.75) is 94.3 Å². The van der Waals surface area contributed by atoms with Crippen LogP contribution < -0.4 is 54.0 Å². The number of fused-ring (bicyclic) bond motifs is 1. The molecule has 8 atom stereocenters. The molecule has 26 heteroatoms. The van der Waals surface area contributed by atoms with Crippen molar-refractivity contribution in [2.75, 3.05) is 18.1 Å². The molecule has 2 aliphatic heterocycles. The lowest BCUT2D eigenvalue weighted by Gasteiger charge is -2.28. The van der Waals surface area contributed by atoms with Crippen molar-refractivity contribution < 1.29 is 43.2 Å². The number of hydrogen-bond acceptors (Lipinski definition) is 13. The third kappa shape index (κ3) is 14.5. The quantitative estimate of drug-likeness (QED) is 0.0248. The number of carbonyl (C=O) groups is 9. The van der Waals surface area contributed by atoms with Gasteiger partial charge in [-0.1, -0.05) is 70.1 Å². The number of aromatic nitrogens is 3. The van der Waals surface area contributed by atoms with Gasteiger partial charge in [-0.15, -0.1) is 0 Å². The summed E-state index contributed by atoms with van der Waals surface area (Å²) in [5.74, 6) is -7.38. The van der Waals surface area contributed by atoms with Gasteiger partial charge in [0.2, 0.25) is 41.4 Å². The zero-order valence-corrected chi connectivity index (χ0v) is 40.4. The first-order valence-corrected chi connectivity index (χ1v) is 25.1. The molecule has 1 unspecified atom stereocenters. The van der Waals surface area contributed by atoms with Crippen molar-refractivity contribution in [3.8, 4) is 0 Å². The van der Waals surface area contributed by atoms with Gasteiger partial charge in [-0.25, -0.2) is 14.7 Å². The molecule has 2 aliphatic rings. The molecule has 4 heterocycles. The molecule has 378 valence electrons. The van der Waals surface area contributed by atoms with Gasteiger partial charge < -0.3 is 64.0 Å². The minimum atomic E-state index is -1.48. The van der Waals surface area contributed by atoms with Crippen LogP contribution in [-0.4, -0.2) is 145 Å². The summed E-state index contributed by atoms with van der Waals surface area (Å²) in [6.45, 7) is 2.90. The zero-order chi connectivity index (χ0) is 51.2. The number of aromatic amines is 2. The predicted octanol–water partition coefficient (Wildman–Crippen LogP) is -1.70. The van der Waals surface area contributed by atoms with E-state index in [9.17, 15) is 43.2 Å². The Bertz CT molecular complexity index is 2600. The smallest absolute Gasteiger partial charge is 0.325 e. The van der Waals surface area contributed by atoms with Gasteiger partial charge >= 0.3 is 6.03 Å². The monoisotopic (exact) mass is 1020 g/mol. The number of imidazole rings is 1. The number of carbonyl (C=O) groups excluding carboxylic acids is 9. The van der Waals surface area contributed by atoms with Crippen molar-refractivity contribution in [2.24, 2.45) is 11.5 Å². The van der Waals surface area contributed by atoms with Crippen molar-refractivity contribution in [3.05, 3.63) is 90.1 Å². The Morgan fingerprint density at radius 3 is 1.99 bits per heavy atom. The number of H-pyrrole nitrogens is 2. The number of benzene rings is 2. The molecule has 2 aromatic carbocycles. The van der Waals surface area contributed by atoms with Crippen LogP contribution in [-0.2, 0) is 57.6 Å². The van der Waals surface area contributed by atoms with E-state index >= 15 is 0 Å². The minimum absolute atomic E-state index is 0.0459. The van der Waals surface area contributed by atoms with E-state index in [2.05, 4.69) is 57.5 Å². The Labute approximate surface area is 415 Å². The molecule has 24 nitrogen and oxygen atoms in total. The average molecular weight is 1020 g/mol. The number of urea groups is 1. The van der Waals surface area contributed by atoms with Gasteiger partial charge in [-0.05, 0) is 43.9 Å². The normalized spacial score (nSPS) is 24.7. The lowest BCUT2D eigenvalue weighted by molar-refractivity contribution is -0.137. The van der Waals surface area contributed by atoms with Gasteiger partial charge in [0.1, 0.15) is 48.3 Å². The SMILES string of the molecule is C[C@H]1NC(=O)[C@@H](N2C(=O)N[C@H](C)C2=O)CSSC[C@@H](C(N)=O)NC(=O)C(Cc2c[nH]c3ccccc23)NC(=O)[C@H](CCCNC(=N)N)NC(=O)[C@@H](Cc2ccccc2)NC(=O)[C@H](Cc2cnc[nH]2)NC1=O. The van der Waals surface area contributed by atoms with Crippen LogP contribution >= 0.6 is 21.6 Å². The predicted molar refractivity (Wildman–Crippen MR) is 264 cm³/mol. The summed E-state index contributed by atoms with van der Waals surface area (Å²) < 4.78 is 0. The van der Waals surface area contributed by atoms with Crippen molar-refractivity contribution in [1.29, 1.82) is 5.41 Å². The van der Waals surface area contributed by atoms with E-state index in [1.165, 1.54) is 26.4 Å². The highest BCUT2D eigenvalue weighted by molar-refractivity contribution is 8.76. The molecule has 0 saturated carbocycles. The van der Waals surface area contributed by atoms with E-state index in [1.807, 2.05) is 18.2 Å². The number of rotatable bonds is 12. The maximum atomic E-state index is 14.6. The number of hydrogen-bond donors (Lipinski definition) is 13. The number of guanidine groups is 1. The summed E-state index contributed by atoms with van der Waals surface area (Å²) in [4.78, 5) is 136. The third-order valence-corrected chi connectivity index (χ3v) is 14.0. The first kappa shape index (κ1) is 52.8. The standard InChI is InChI=1S/C45H57N15O9S2/c1-23-37(62)56-33(17-27-19-49-22-52-27)41(66)57-31(15-25-9-4-3-5-10-25)39(64)55-30(13-8-14-50-44(47)48)38(63)58-32(16-26-18-51-29-12-7-6-11-28(26)29)40(65)59-34(36(46)61)20-70-71-21-35(42(67)53-23)60-43(68)24(2)54-45(60)69/h3-7,9-12,18-19,22-24,30-35,51H,8,13-17,20-21H2,1-2H3,(H2,46,61)(H,49,52)(H,53,67)(H,54,69)(H,55,64)(H,56,62)(H,57,66)(H,58,63)(H,59,65)(H4,47,48,50)/t23-,24-,30+,31-,32?,33+,34+,35+/m1/s1. The van der Waals surface area contributed by atoms with Crippen LogP contribution in [0.25, 0.3) is 10.9 Å². The molecule has 0 aliphatic carbocycles. The highest BCUT2D eigenvalue weighted by Crippen LogP contribution is 2.27. The molecule has 0 radical (unpaired) electrons. The second-order valence-corrected chi connectivity index (χ2v) is 19.5. The summed E-state index contributed by atoms with van der Waals surface area (Å²) >= 11 is 0. The van der Waals surface area contributed by atoms with Gasteiger partial charge in [0, 0.05) is 66.3 Å². The Morgan fingerprint density at radius 1 is 0.704 bits per heavy atom.